The number of allylic oxidation sites excluding steroid dienone is 1. The van der Waals surface area contributed by atoms with Gasteiger partial charge >= 0.3 is 0 Å². The van der Waals surface area contributed by atoms with Gasteiger partial charge in [-0.3, -0.25) is 0 Å². The third kappa shape index (κ3) is 2.90. The predicted octanol–water partition coefficient (Wildman–Crippen LogP) is 3.31. The Morgan fingerprint density at radius 2 is 2.20 bits per heavy atom. The van der Waals surface area contributed by atoms with Crippen molar-refractivity contribution in [2.75, 3.05) is 0 Å². The highest BCUT2D eigenvalue weighted by Crippen LogP contribution is 2.28. The molecule has 0 saturated heterocycles. The molecule has 0 fully saturated rings. The van der Waals surface area contributed by atoms with Crippen LogP contribution in [0.4, 0.5) is 4.39 Å². The third-order valence-electron chi connectivity index (χ3n) is 2.54. The lowest BCUT2D eigenvalue weighted by Crippen LogP contribution is -2.22. The molecule has 0 spiro atoms. The van der Waals surface area contributed by atoms with E-state index in [4.69, 9.17) is 0 Å². The van der Waals surface area contributed by atoms with Gasteiger partial charge in [-0.1, -0.05) is 23.8 Å². The fourth-order valence-corrected chi connectivity index (χ4v) is 1.57. The van der Waals surface area contributed by atoms with Crippen LogP contribution >= 0.6 is 0 Å². The molecule has 1 N–H and O–H groups in total. The van der Waals surface area contributed by atoms with Gasteiger partial charge in [0.05, 0.1) is 5.60 Å². The lowest BCUT2D eigenvalue weighted by Gasteiger charge is -2.24. The molecule has 0 heterocycles. The van der Waals surface area contributed by atoms with E-state index in [2.05, 4.69) is 6.58 Å². The molecule has 15 heavy (non-hydrogen) atoms. The molecule has 0 amide bonds. The number of hydrogen-bond acceptors (Lipinski definition) is 1. The van der Waals surface area contributed by atoms with Crippen LogP contribution < -0.4 is 0 Å². The van der Waals surface area contributed by atoms with Crippen LogP contribution in [0.2, 0.25) is 0 Å². The second-order valence-electron chi connectivity index (χ2n) is 4.08. The fourth-order valence-electron chi connectivity index (χ4n) is 1.57. The van der Waals surface area contributed by atoms with E-state index in [1.165, 1.54) is 6.07 Å². The quantitative estimate of drug-likeness (QED) is 0.753. The molecule has 0 saturated carbocycles. The maximum atomic E-state index is 13.5. The molecule has 1 nitrogen and oxygen atoms in total. The van der Waals surface area contributed by atoms with Gasteiger partial charge in [-0.15, -0.1) is 6.58 Å². The van der Waals surface area contributed by atoms with Crippen molar-refractivity contribution in [2.24, 2.45) is 0 Å². The average Bonchev–Trinajstić information content (AvgIpc) is 2.18. The van der Waals surface area contributed by atoms with E-state index in [0.29, 0.717) is 18.4 Å². The highest BCUT2D eigenvalue weighted by Gasteiger charge is 2.25. The molecule has 0 aromatic heterocycles. The van der Waals surface area contributed by atoms with Crippen LogP contribution in [0.25, 0.3) is 0 Å². The number of hydrogen-bond donors (Lipinski definition) is 1. The Balaban J connectivity index is 3.02. The molecule has 0 aliphatic carbocycles. The summed E-state index contributed by atoms with van der Waals surface area (Å²) in [6.07, 6.45) is 2.87. The van der Waals surface area contributed by atoms with E-state index in [-0.39, 0.29) is 5.82 Å². The van der Waals surface area contributed by atoms with E-state index in [1.807, 2.05) is 6.92 Å². The standard InChI is InChI=1S/C13H17FO/c1-4-5-8-13(3,15)11-9-10(2)6-7-12(11)14/h4,6-7,9,15H,1,5,8H2,2-3H3. The molecule has 1 atom stereocenters. The molecule has 0 aliphatic rings. The molecule has 0 bridgehead atoms. The highest BCUT2D eigenvalue weighted by atomic mass is 19.1. The Bertz CT molecular complexity index is 356. The summed E-state index contributed by atoms with van der Waals surface area (Å²) in [5.74, 6) is -0.352. The Hall–Kier alpha value is -1.15. The SMILES string of the molecule is C=CCCC(C)(O)c1cc(C)ccc1F. The van der Waals surface area contributed by atoms with Crippen molar-refractivity contribution in [3.05, 3.63) is 47.8 Å². The first-order valence-corrected chi connectivity index (χ1v) is 5.07. The van der Waals surface area contributed by atoms with Crippen LogP contribution in [-0.4, -0.2) is 5.11 Å². The largest absolute Gasteiger partial charge is 0.385 e. The monoisotopic (exact) mass is 208 g/mol. The molecule has 0 aliphatic heterocycles. The second-order valence-corrected chi connectivity index (χ2v) is 4.08. The minimum atomic E-state index is -1.12. The minimum Gasteiger partial charge on any atom is -0.385 e. The van der Waals surface area contributed by atoms with E-state index in [9.17, 15) is 9.50 Å². The van der Waals surface area contributed by atoms with Crippen LogP contribution in [0.1, 0.15) is 30.9 Å². The summed E-state index contributed by atoms with van der Waals surface area (Å²) in [7, 11) is 0. The Morgan fingerprint density at radius 1 is 1.53 bits per heavy atom. The van der Waals surface area contributed by atoms with Crippen molar-refractivity contribution in [2.45, 2.75) is 32.3 Å². The number of rotatable bonds is 4. The first-order valence-electron chi connectivity index (χ1n) is 5.07. The third-order valence-corrected chi connectivity index (χ3v) is 2.54. The maximum Gasteiger partial charge on any atom is 0.129 e. The number of benzene rings is 1. The topological polar surface area (TPSA) is 20.2 Å². The van der Waals surface area contributed by atoms with Gasteiger partial charge in [-0.2, -0.15) is 0 Å². The van der Waals surface area contributed by atoms with Crippen LogP contribution in [0.15, 0.2) is 30.9 Å². The van der Waals surface area contributed by atoms with Gasteiger partial charge in [-0.05, 0) is 32.8 Å². The van der Waals surface area contributed by atoms with Crippen molar-refractivity contribution < 1.29 is 9.50 Å². The maximum absolute atomic E-state index is 13.5. The van der Waals surface area contributed by atoms with Crippen LogP contribution in [-0.2, 0) is 5.60 Å². The van der Waals surface area contributed by atoms with Gasteiger partial charge in [-0.25, -0.2) is 4.39 Å². The fraction of sp³-hybridized carbons (Fsp3) is 0.385. The zero-order valence-electron chi connectivity index (χ0n) is 9.26. The smallest absolute Gasteiger partial charge is 0.129 e. The number of aliphatic hydroxyl groups is 1. The van der Waals surface area contributed by atoms with Crippen molar-refractivity contribution in [3.8, 4) is 0 Å². The number of aryl methyl sites for hydroxylation is 1. The van der Waals surface area contributed by atoms with Crippen molar-refractivity contribution in [3.63, 3.8) is 0 Å². The molecule has 1 rings (SSSR count). The average molecular weight is 208 g/mol. The highest BCUT2D eigenvalue weighted by molar-refractivity contribution is 5.28. The van der Waals surface area contributed by atoms with Crippen molar-refractivity contribution >= 4 is 0 Å². The molecule has 1 aromatic carbocycles. The Kier molecular flexibility index (Phi) is 3.64. The van der Waals surface area contributed by atoms with Gasteiger partial charge in [0.15, 0.2) is 0 Å². The van der Waals surface area contributed by atoms with E-state index < -0.39 is 5.60 Å². The lowest BCUT2D eigenvalue weighted by molar-refractivity contribution is 0.0450. The Labute approximate surface area is 90.3 Å². The summed E-state index contributed by atoms with van der Waals surface area (Å²) < 4.78 is 13.5. The van der Waals surface area contributed by atoms with Crippen LogP contribution in [0, 0.1) is 12.7 Å². The molecular formula is C13H17FO. The van der Waals surface area contributed by atoms with Gasteiger partial charge in [0.2, 0.25) is 0 Å². The number of halogens is 1. The molecule has 0 radical (unpaired) electrons. The molecular weight excluding hydrogens is 191 g/mol. The van der Waals surface area contributed by atoms with E-state index in [0.717, 1.165) is 5.56 Å². The normalized spacial score (nSPS) is 14.7. The molecule has 82 valence electrons. The first kappa shape index (κ1) is 11.9. The molecule has 1 aromatic rings. The van der Waals surface area contributed by atoms with Gasteiger partial charge in [0.25, 0.3) is 0 Å². The van der Waals surface area contributed by atoms with E-state index in [1.54, 1.807) is 25.1 Å². The summed E-state index contributed by atoms with van der Waals surface area (Å²) in [4.78, 5) is 0. The zero-order valence-corrected chi connectivity index (χ0v) is 9.26. The van der Waals surface area contributed by atoms with Crippen LogP contribution in [0.5, 0.6) is 0 Å². The summed E-state index contributed by atoms with van der Waals surface area (Å²) >= 11 is 0. The van der Waals surface area contributed by atoms with Crippen molar-refractivity contribution in [1.29, 1.82) is 0 Å². The first-order chi connectivity index (χ1) is 6.97. The second kappa shape index (κ2) is 4.58. The molecule has 1 unspecified atom stereocenters. The summed E-state index contributed by atoms with van der Waals surface area (Å²) in [6, 6.07) is 4.79. The van der Waals surface area contributed by atoms with Crippen molar-refractivity contribution in [1.82, 2.24) is 0 Å². The van der Waals surface area contributed by atoms with Gasteiger partial charge in [0.1, 0.15) is 5.82 Å². The minimum absolute atomic E-state index is 0.352. The zero-order chi connectivity index (χ0) is 11.5. The summed E-state index contributed by atoms with van der Waals surface area (Å²) in [5, 5.41) is 10.1. The van der Waals surface area contributed by atoms with E-state index >= 15 is 0 Å². The lowest BCUT2D eigenvalue weighted by atomic mass is 9.90. The summed E-state index contributed by atoms with van der Waals surface area (Å²) in [5.41, 5.74) is 0.194. The molecule has 2 heteroatoms. The Morgan fingerprint density at radius 3 is 2.80 bits per heavy atom. The summed E-state index contributed by atoms with van der Waals surface area (Å²) in [6.45, 7) is 7.11. The predicted molar refractivity (Wildman–Crippen MR) is 60.1 cm³/mol. The van der Waals surface area contributed by atoms with Gasteiger partial charge in [0, 0.05) is 5.56 Å². The van der Waals surface area contributed by atoms with Crippen LogP contribution in [0.3, 0.4) is 0 Å². The van der Waals surface area contributed by atoms with Gasteiger partial charge < -0.3 is 5.11 Å².